The van der Waals surface area contributed by atoms with Crippen molar-refractivity contribution < 1.29 is 60.5 Å². The number of amides is 1. The summed E-state index contributed by atoms with van der Waals surface area (Å²) in [6.45, 7) is 0. The molecule has 1 unspecified atom stereocenters. The van der Waals surface area contributed by atoms with Crippen molar-refractivity contribution in [2.45, 2.75) is 16.3 Å². The number of hydrogen-bond donors (Lipinski definition) is 1. The maximum atomic E-state index is 13.0. The van der Waals surface area contributed by atoms with Crippen molar-refractivity contribution in [3.05, 3.63) is 54.1 Å². The number of benzene rings is 2. The van der Waals surface area contributed by atoms with E-state index in [2.05, 4.69) is 5.32 Å². The van der Waals surface area contributed by atoms with Crippen molar-refractivity contribution in [1.29, 1.82) is 0 Å². The second kappa shape index (κ2) is 9.83. The van der Waals surface area contributed by atoms with Crippen molar-refractivity contribution in [2.24, 2.45) is 0 Å². The first kappa shape index (κ1) is 26.2. The number of alkyl halides is 3. The van der Waals surface area contributed by atoms with Gasteiger partial charge in [-0.2, -0.15) is 13.2 Å². The van der Waals surface area contributed by atoms with Crippen LogP contribution in [0.4, 0.5) is 24.5 Å². The summed E-state index contributed by atoms with van der Waals surface area (Å²) < 4.78 is 71.9. The number of nitrogens with zero attached hydrogens (tertiary/aromatic N) is 1. The summed E-state index contributed by atoms with van der Waals surface area (Å²) in [6, 6.07) is 8.97. The Kier molecular flexibility index (Phi) is 8.31. The van der Waals surface area contributed by atoms with E-state index in [1.807, 2.05) is 0 Å². The number of nitrogens with one attached hydrogen (secondary N) is 1. The fourth-order valence-corrected chi connectivity index (χ4v) is 4.73. The summed E-state index contributed by atoms with van der Waals surface area (Å²) in [5, 5.41) is 1.77. The molecule has 2 aromatic rings. The zero-order valence-corrected chi connectivity index (χ0v) is 20.8. The van der Waals surface area contributed by atoms with E-state index in [-0.39, 0.29) is 44.6 Å². The van der Waals surface area contributed by atoms with E-state index in [1.165, 1.54) is 24.3 Å². The van der Waals surface area contributed by atoms with Gasteiger partial charge in [0.2, 0.25) is 0 Å². The van der Waals surface area contributed by atoms with Crippen LogP contribution in [0.1, 0.15) is 5.56 Å². The minimum absolute atomic E-state index is 0. The van der Waals surface area contributed by atoms with Crippen LogP contribution < -0.4 is 39.8 Å². The quantitative estimate of drug-likeness (QED) is 0.364. The van der Waals surface area contributed by atoms with Gasteiger partial charge < -0.3 is 9.87 Å². The molecule has 1 N–H and O–H groups in total. The average Bonchev–Trinajstić information content (AvgIpc) is 2.95. The number of thioether (sulfide) groups is 1. The Morgan fingerprint density at radius 3 is 2.32 bits per heavy atom. The Labute approximate surface area is 212 Å². The Balaban J connectivity index is 0.00000341. The van der Waals surface area contributed by atoms with E-state index < -0.39 is 37.9 Å². The van der Waals surface area contributed by atoms with Gasteiger partial charge >= 0.3 is 35.7 Å². The molecule has 14 heteroatoms. The third-order valence-electron chi connectivity index (χ3n) is 3.93. The van der Waals surface area contributed by atoms with Crippen LogP contribution in [0.3, 0.4) is 0 Å². The molecule has 1 heterocycles. The van der Waals surface area contributed by atoms with Crippen molar-refractivity contribution >= 4 is 72.9 Å². The molecule has 1 saturated heterocycles. The van der Waals surface area contributed by atoms with Crippen LogP contribution >= 0.6 is 36.2 Å². The Morgan fingerprint density at radius 1 is 1.16 bits per heavy atom. The van der Waals surface area contributed by atoms with E-state index in [0.29, 0.717) is 5.69 Å². The second-order valence-electron chi connectivity index (χ2n) is 5.95. The van der Waals surface area contributed by atoms with Crippen LogP contribution in [-0.2, 0) is 21.1 Å². The van der Waals surface area contributed by atoms with E-state index >= 15 is 0 Å². The minimum Gasteiger partial charge on any atom is -0.744 e. The zero-order valence-electron chi connectivity index (χ0n) is 15.5. The number of rotatable bonds is 4. The van der Waals surface area contributed by atoms with Crippen molar-refractivity contribution in [3.8, 4) is 0 Å². The van der Waals surface area contributed by atoms with Gasteiger partial charge in [0.05, 0.1) is 16.1 Å². The van der Waals surface area contributed by atoms with E-state index in [1.54, 1.807) is 0 Å². The predicted octanol–water partition coefficient (Wildman–Crippen LogP) is 0.786. The molecule has 1 fully saturated rings. The largest absolute Gasteiger partial charge is 1.00 e. The standard InChI is InChI=1S/C17H11F3N2O4S4.Na/c18-17(19,20)9-2-1-3-11(8-9)22-15(23)13(29-16(22)28)14(27)21-10-4-6-12(7-5-10)30(24,25)26;/h1-8,13H,(H,21,27)(H,24,25,26);/q;+1/p-1. The predicted molar refractivity (Wildman–Crippen MR) is 114 cm³/mol. The average molecular weight is 515 g/mol. The second-order valence-corrected chi connectivity index (χ2v) is 9.51. The number of halogens is 3. The summed E-state index contributed by atoms with van der Waals surface area (Å²) in [4.78, 5) is 13.4. The maximum Gasteiger partial charge on any atom is 1.00 e. The maximum absolute atomic E-state index is 13.0. The van der Waals surface area contributed by atoms with Gasteiger partial charge in [-0.25, -0.2) is 8.42 Å². The Hall–Kier alpha value is -1.06. The summed E-state index contributed by atoms with van der Waals surface area (Å²) >= 11 is 11.3. The van der Waals surface area contributed by atoms with Crippen molar-refractivity contribution in [3.63, 3.8) is 0 Å². The smallest absolute Gasteiger partial charge is 0.744 e. The van der Waals surface area contributed by atoms with Gasteiger partial charge in [-0.3, -0.25) is 9.69 Å². The summed E-state index contributed by atoms with van der Waals surface area (Å²) in [6.07, 6.45) is -4.58. The fourth-order valence-electron chi connectivity index (χ4n) is 2.54. The van der Waals surface area contributed by atoms with E-state index in [4.69, 9.17) is 24.4 Å². The number of carbonyl (C=O) groups excluding carboxylic acids is 1. The van der Waals surface area contributed by atoms with Crippen LogP contribution in [-0.4, -0.2) is 33.4 Å². The molecule has 0 radical (unpaired) electrons. The first-order chi connectivity index (χ1) is 13.9. The number of hydrogen-bond acceptors (Lipinski definition) is 7. The molecule has 2 aromatic carbocycles. The fraction of sp³-hybridized carbons (Fsp3) is 0.118. The zero-order chi connectivity index (χ0) is 22.3. The summed E-state index contributed by atoms with van der Waals surface area (Å²) in [5.74, 6) is -0.611. The number of thiocarbonyl (C=S) groups is 2. The van der Waals surface area contributed by atoms with Gasteiger partial charge in [-0.05, 0) is 42.5 Å². The van der Waals surface area contributed by atoms with Crippen LogP contribution in [0.5, 0.6) is 0 Å². The van der Waals surface area contributed by atoms with Crippen LogP contribution in [0.2, 0.25) is 0 Å². The topological polar surface area (TPSA) is 89.5 Å². The molecule has 0 aliphatic carbocycles. The molecular weight excluding hydrogens is 504 g/mol. The normalized spacial score (nSPS) is 16.8. The molecule has 6 nitrogen and oxygen atoms in total. The first-order valence-electron chi connectivity index (χ1n) is 7.96. The molecular formula is C17H10F3N2NaO4S4. The number of carbonyl (C=O) groups is 1. The molecule has 1 amide bonds. The van der Waals surface area contributed by atoms with Crippen molar-refractivity contribution in [1.82, 2.24) is 0 Å². The van der Waals surface area contributed by atoms with Gasteiger partial charge in [-0.1, -0.05) is 42.3 Å². The third-order valence-corrected chi connectivity index (χ3v) is 6.79. The molecule has 1 atom stereocenters. The summed E-state index contributed by atoms with van der Waals surface area (Å²) in [5.41, 5.74) is -0.620. The van der Waals surface area contributed by atoms with E-state index in [0.717, 1.165) is 40.9 Å². The molecule has 0 bridgehead atoms. The molecule has 0 saturated carbocycles. The van der Waals surface area contributed by atoms with Crippen LogP contribution in [0.25, 0.3) is 0 Å². The Bertz CT molecular complexity index is 1140. The van der Waals surface area contributed by atoms with Gasteiger partial charge in [0.25, 0.3) is 5.91 Å². The molecule has 31 heavy (non-hydrogen) atoms. The van der Waals surface area contributed by atoms with Gasteiger partial charge in [0.1, 0.15) is 24.7 Å². The third kappa shape index (κ3) is 6.05. The minimum atomic E-state index is -4.60. The monoisotopic (exact) mass is 514 g/mol. The molecule has 1 aliphatic heterocycles. The first-order valence-corrected chi connectivity index (χ1v) is 11.1. The molecule has 0 spiro atoms. The van der Waals surface area contributed by atoms with E-state index in [9.17, 15) is 30.9 Å². The van der Waals surface area contributed by atoms with Crippen LogP contribution in [0, 0.1) is 0 Å². The molecule has 0 aromatic heterocycles. The molecule has 1 aliphatic rings. The number of anilines is 2. The SMILES string of the molecule is O=C1C(C(=S)Nc2ccc(S(=O)(=O)[O-])cc2)SC(=S)N1c1cccc(C(F)(F)F)c1.[Na+]. The van der Waals surface area contributed by atoms with Gasteiger partial charge in [0.15, 0.2) is 0 Å². The molecule has 3 rings (SSSR count). The molecule has 158 valence electrons. The van der Waals surface area contributed by atoms with Gasteiger partial charge in [0, 0.05) is 5.69 Å². The van der Waals surface area contributed by atoms with Gasteiger partial charge in [-0.15, -0.1) is 0 Å². The summed E-state index contributed by atoms with van der Waals surface area (Å²) in [7, 11) is -4.60. The van der Waals surface area contributed by atoms with Crippen molar-refractivity contribution in [2.75, 3.05) is 10.2 Å². The van der Waals surface area contributed by atoms with Crippen LogP contribution in [0.15, 0.2) is 53.4 Å². The Morgan fingerprint density at radius 2 is 1.77 bits per heavy atom.